The van der Waals surface area contributed by atoms with E-state index < -0.39 is 5.60 Å². The lowest BCUT2D eigenvalue weighted by atomic mass is 10.0. The third-order valence-corrected chi connectivity index (χ3v) is 5.57. The maximum Gasteiger partial charge on any atom is 0.410 e. The lowest BCUT2D eigenvalue weighted by molar-refractivity contribution is 0.00109. The average Bonchev–Trinajstić information content (AvgIpc) is 2.66. The van der Waals surface area contributed by atoms with Crippen LogP contribution in [0.5, 0.6) is 5.75 Å². The van der Waals surface area contributed by atoms with Gasteiger partial charge < -0.3 is 19.3 Å². The van der Waals surface area contributed by atoms with Gasteiger partial charge in [-0.2, -0.15) is 0 Å². The molecule has 0 bridgehead atoms. The van der Waals surface area contributed by atoms with E-state index in [1.54, 1.807) is 22.8 Å². The maximum atomic E-state index is 13.1. The van der Waals surface area contributed by atoms with Crippen LogP contribution in [0.1, 0.15) is 57.0 Å². The first kappa shape index (κ1) is 23.6. The molecule has 3 rings (SSSR count). The highest BCUT2D eigenvalue weighted by atomic mass is 35.5. The van der Waals surface area contributed by atoms with Gasteiger partial charge in [0.15, 0.2) is 5.75 Å². The minimum atomic E-state index is -0.557. The number of rotatable bonds is 0. The van der Waals surface area contributed by atoms with Gasteiger partial charge in [0.25, 0.3) is 5.91 Å². The van der Waals surface area contributed by atoms with E-state index in [1.165, 1.54) is 0 Å². The zero-order valence-corrected chi connectivity index (χ0v) is 19.5. The summed E-state index contributed by atoms with van der Waals surface area (Å²) in [7, 11) is 0. The van der Waals surface area contributed by atoms with Gasteiger partial charge in [-0.25, -0.2) is 4.79 Å². The normalized spacial score (nSPS) is 19.0. The second kappa shape index (κ2) is 9.43. The Kier molecular flexibility index (Phi) is 7.68. The smallest absolute Gasteiger partial charge is 0.410 e. The summed E-state index contributed by atoms with van der Waals surface area (Å²) in [5.41, 5.74) is 0.501. The molecule has 0 radical (unpaired) electrons. The molecular weight excluding hydrogens is 415 g/mol. The molecular formula is C21H30Cl2N2O4. The molecule has 1 saturated heterocycles. The average molecular weight is 445 g/mol. The van der Waals surface area contributed by atoms with Crippen LogP contribution in [0.25, 0.3) is 0 Å². The molecule has 0 spiro atoms. The molecule has 2 aliphatic rings. The van der Waals surface area contributed by atoms with Gasteiger partial charge in [-0.15, -0.1) is 0 Å². The standard InChI is InChI=1S/C19H24Cl2N2O4.C2H6/c1-11-14(20)9-13-16(15(11)21)26-8-5-12-10-22(6-7-23(12)17(13)24)18(25)27-19(2,3)4;1-2/h9,12H,5-8,10H2,1-4H3;1-2H3. The minimum Gasteiger partial charge on any atom is -0.491 e. The zero-order chi connectivity index (χ0) is 21.9. The highest BCUT2D eigenvalue weighted by Gasteiger charge is 2.37. The van der Waals surface area contributed by atoms with Crippen molar-refractivity contribution in [2.24, 2.45) is 0 Å². The Balaban J connectivity index is 0.00000145. The fourth-order valence-corrected chi connectivity index (χ4v) is 3.82. The molecule has 0 N–H and O–H groups in total. The van der Waals surface area contributed by atoms with Crippen molar-refractivity contribution < 1.29 is 19.1 Å². The van der Waals surface area contributed by atoms with Crippen molar-refractivity contribution in [2.45, 2.75) is 59.6 Å². The Bertz CT molecular complexity index is 777. The van der Waals surface area contributed by atoms with Crippen molar-refractivity contribution >= 4 is 35.2 Å². The number of hydrogen-bond donors (Lipinski definition) is 0. The summed E-state index contributed by atoms with van der Waals surface area (Å²) in [5.74, 6) is 0.207. The molecule has 0 aliphatic carbocycles. The maximum absolute atomic E-state index is 13.1. The van der Waals surface area contributed by atoms with E-state index in [-0.39, 0.29) is 18.0 Å². The van der Waals surface area contributed by atoms with Crippen molar-refractivity contribution in [3.8, 4) is 5.75 Å². The third kappa shape index (κ3) is 5.28. The molecule has 0 saturated carbocycles. The van der Waals surface area contributed by atoms with Crippen LogP contribution in [0.4, 0.5) is 4.79 Å². The number of amides is 2. The molecule has 2 heterocycles. The monoisotopic (exact) mass is 444 g/mol. The van der Waals surface area contributed by atoms with Crippen LogP contribution in [-0.2, 0) is 4.74 Å². The molecule has 6 nitrogen and oxygen atoms in total. The Morgan fingerprint density at radius 3 is 2.52 bits per heavy atom. The quantitative estimate of drug-likeness (QED) is 0.553. The van der Waals surface area contributed by atoms with E-state index in [0.29, 0.717) is 59.6 Å². The summed E-state index contributed by atoms with van der Waals surface area (Å²) in [6.07, 6.45) is 0.238. The molecule has 1 atom stereocenters. The van der Waals surface area contributed by atoms with Gasteiger partial charge in [0.05, 0.1) is 23.2 Å². The van der Waals surface area contributed by atoms with E-state index in [1.807, 2.05) is 34.6 Å². The van der Waals surface area contributed by atoms with E-state index >= 15 is 0 Å². The van der Waals surface area contributed by atoms with E-state index in [2.05, 4.69) is 0 Å². The van der Waals surface area contributed by atoms with Crippen LogP contribution >= 0.6 is 23.2 Å². The van der Waals surface area contributed by atoms with Gasteiger partial charge in [-0.3, -0.25) is 4.79 Å². The SMILES string of the molecule is CC.Cc1c(Cl)cc2c(c1Cl)OCCC1CN(C(=O)OC(C)(C)C)CCN1C2=O. The molecule has 162 valence electrons. The van der Waals surface area contributed by atoms with Crippen molar-refractivity contribution in [2.75, 3.05) is 26.2 Å². The molecule has 1 fully saturated rings. The lowest BCUT2D eigenvalue weighted by Gasteiger charge is -2.42. The van der Waals surface area contributed by atoms with E-state index in [0.717, 1.165) is 0 Å². The first-order valence-corrected chi connectivity index (χ1v) is 10.7. The Labute approximate surface area is 183 Å². The topological polar surface area (TPSA) is 59.1 Å². The number of hydrogen-bond acceptors (Lipinski definition) is 4. The van der Waals surface area contributed by atoms with Crippen molar-refractivity contribution in [3.63, 3.8) is 0 Å². The van der Waals surface area contributed by atoms with Crippen molar-refractivity contribution in [3.05, 3.63) is 27.2 Å². The van der Waals surface area contributed by atoms with Crippen LogP contribution in [0.3, 0.4) is 0 Å². The Morgan fingerprint density at radius 2 is 1.90 bits per heavy atom. The van der Waals surface area contributed by atoms with E-state index in [4.69, 9.17) is 32.7 Å². The summed E-state index contributed by atoms with van der Waals surface area (Å²) < 4.78 is 11.3. The van der Waals surface area contributed by atoms with E-state index in [9.17, 15) is 9.59 Å². The van der Waals surface area contributed by atoms with Crippen molar-refractivity contribution in [1.29, 1.82) is 0 Å². The summed E-state index contributed by atoms with van der Waals surface area (Å²) >= 11 is 12.6. The fourth-order valence-electron chi connectivity index (χ4n) is 3.31. The van der Waals surface area contributed by atoms with Gasteiger partial charge in [0.1, 0.15) is 5.60 Å². The van der Waals surface area contributed by atoms with Gasteiger partial charge in [-0.05, 0) is 39.3 Å². The number of piperazine rings is 1. The summed E-state index contributed by atoms with van der Waals surface area (Å²) in [5, 5.41) is 0.803. The zero-order valence-electron chi connectivity index (χ0n) is 18.0. The number of halogens is 2. The predicted octanol–water partition coefficient (Wildman–Crippen LogP) is 5.17. The van der Waals surface area contributed by atoms with Crippen LogP contribution in [-0.4, -0.2) is 59.7 Å². The third-order valence-electron chi connectivity index (χ3n) is 4.73. The van der Waals surface area contributed by atoms with Gasteiger partial charge in [0.2, 0.25) is 0 Å². The number of benzene rings is 1. The second-order valence-corrected chi connectivity index (χ2v) is 8.68. The minimum absolute atomic E-state index is 0.147. The molecule has 1 unspecified atom stereocenters. The largest absolute Gasteiger partial charge is 0.491 e. The van der Waals surface area contributed by atoms with Gasteiger partial charge >= 0.3 is 6.09 Å². The summed E-state index contributed by atoms with van der Waals surface area (Å²) in [6, 6.07) is 1.47. The molecule has 8 heteroatoms. The highest BCUT2D eigenvalue weighted by molar-refractivity contribution is 6.37. The molecule has 1 aromatic rings. The Hall–Kier alpha value is -1.66. The van der Waals surface area contributed by atoms with Crippen LogP contribution < -0.4 is 4.74 Å². The molecule has 2 aliphatic heterocycles. The van der Waals surface area contributed by atoms with Crippen LogP contribution in [0.2, 0.25) is 10.0 Å². The summed E-state index contributed by atoms with van der Waals surface area (Å²) in [4.78, 5) is 29.0. The predicted molar refractivity (Wildman–Crippen MR) is 115 cm³/mol. The molecule has 0 aromatic heterocycles. The number of ether oxygens (including phenoxy) is 2. The molecule has 1 aromatic carbocycles. The van der Waals surface area contributed by atoms with Gasteiger partial charge in [-0.1, -0.05) is 37.0 Å². The van der Waals surface area contributed by atoms with Crippen molar-refractivity contribution in [1.82, 2.24) is 9.80 Å². The molecule has 2 amide bonds. The van der Waals surface area contributed by atoms with Gasteiger partial charge in [0, 0.05) is 31.1 Å². The van der Waals surface area contributed by atoms with Crippen LogP contribution in [0.15, 0.2) is 6.07 Å². The first-order valence-electron chi connectivity index (χ1n) is 9.99. The summed E-state index contributed by atoms with van der Waals surface area (Å²) in [6.45, 7) is 12.9. The highest BCUT2D eigenvalue weighted by Crippen LogP contribution is 2.38. The second-order valence-electron chi connectivity index (χ2n) is 7.89. The lowest BCUT2D eigenvalue weighted by Crippen LogP contribution is -2.58. The number of carbonyl (C=O) groups excluding carboxylic acids is 2. The molecule has 29 heavy (non-hydrogen) atoms. The number of fused-ring (bicyclic) bond motifs is 2. The number of carbonyl (C=O) groups is 2. The number of nitrogens with zero attached hydrogens (tertiary/aromatic N) is 2. The van der Waals surface area contributed by atoms with Crippen LogP contribution in [0, 0.1) is 6.92 Å². The fraction of sp³-hybridized carbons (Fsp3) is 0.619. The Morgan fingerprint density at radius 1 is 1.24 bits per heavy atom. The first-order chi connectivity index (χ1) is 13.6.